The van der Waals surface area contributed by atoms with E-state index in [9.17, 15) is 0 Å². The van der Waals surface area contributed by atoms with Crippen molar-refractivity contribution in [1.29, 1.82) is 0 Å². The monoisotopic (exact) mass is 385 g/mol. The van der Waals surface area contributed by atoms with Crippen LogP contribution in [0, 0.1) is 11.8 Å². The predicted octanol–water partition coefficient (Wildman–Crippen LogP) is 5.36. The van der Waals surface area contributed by atoms with Crippen LogP contribution in [0.4, 0.5) is 5.69 Å². The number of hydrogen-bond acceptors (Lipinski definition) is 1. The van der Waals surface area contributed by atoms with Gasteiger partial charge >= 0.3 is 0 Å². The van der Waals surface area contributed by atoms with Crippen LogP contribution >= 0.6 is 31.9 Å². The largest absolute Gasteiger partial charge is 0.371 e. The number of nitrogens with zero attached hydrogens (tertiary/aromatic N) is 1. The predicted molar refractivity (Wildman–Crippen MR) is 89.1 cm³/mol. The van der Waals surface area contributed by atoms with Gasteiger partial charge in [0.15, 0.2) is 0 Å². The summed E-state index contributed by atoms with van der Waals surface area (Å²) in [5.74, 6) is 1.94. The average molecular weight is 387 g/mol. The van der Waals surface area contributed by atoms with Crippen molar-refractivity contribution in [3.63, 3.8) is 0 Å². The number of halogens is 2. The summed E-state index contributed by atoms with van der Waals surface area (Å²) in [6.07, 6.45) is 7.21. The van der Waals surface area contributed by atoms with Crippen LogP contribution in [0.25, 0.3) is 0 Å². The first-order valence-electron chi connectivity index (χ1n) is 7.37. The van der Waals surface area contributed by atoms with Crippen LogP contribution in [0.2, 0.25) is 0 Å². The SMILES string of the molecule is BrCc1ccc(Br)cc1N1CCC2CCCCC2C1. The average Bonchev–Trinajstić information content (AvgIpc) is 2.46. The number of rotatable bonds is 2. The molecule has 3 heteroatoms. The molecular formula is C16H21Br2N. The van der Waals surface area contributed by atoms with E-state index in [-0.39, 0.29) is 0 Å². The fourth-order valence-corrected chi connectivity index (χ4v) is 4.59. The van der Waals surface area contributed by atoms with Crippen LogP contribution in [0.5, 0.6) is 0 Å². The minimum Gasteiger partial charge on any atom is -0.371 e. The Labute approximate surface area is 133 Å². The molecule has 0 bridgehead atoms. The number of alkyl halides is 1. The Morgan fingerprint density at radius 1 is 1.11 bits per heavy atom. The molecule has 0 radical (unpaired) electrons. The Balaban J connectivity index is 1.80. The van der Waals surface area contributed by atoms with Gasteiger partial charge in [-0.3, -0.25) is 0 Å². The van der Waals surface area contributed by atoms with Gasteiger partial charge in [0.05, 0.1) is 0 Å². The van der Waals surface area contributed by atoms with E-state index in [0.717, 1.165) is 17.2 Å². The highest BCUT2D eigenvalue weighted by Gasteiger charge is 2.31. The van der Waals surface area contributed by atoms with Gasteiger partial charge in [-0.1, -0.05) is 57.2 Å². The van der Waals surface area contributed by atoms with Gasteiger partial charge in [-0.15, -0.1) is 0 Å². The lowest BCUT2D eigenvalue weighted by atomic mass is 9.75. The molecule has 3 rings (SSSR count). The molecule has 2 unspecified atom stereocenters. The highest BCUT2D eigenvalue weighted by Crippen LogP contribution is 2.39. The summed E-state index contributed by atoms with van der Waals surface area (Å²) >= 11 is 7.25. The Morgan fingerprint density at radius 2 is 1.89 bits per heavy atom. The van der Waals surface area contributed by atoms with E-state index >= 15 is 0 Å². The molecule has 104 valence electrons. The standard InChI is InChI=1S/C16H21Br2N/c17-10-13-5-6-15(18)9-16(13)19-8-7-12-3-1-2-4-14(12)11-19/h5-6,9,12,14H,1-4,7-8,10-11H2. The van der Waals surface area contributed by atoms with Crippen molar-refractivity contribution in [1.82, 2.24) is 0 Å². The minimum absolute atomic E-state index is 0.935. The number of benzene rings is 1. The van der Waals surface area contributed by atoms with Crippen molar-refractivity contribution in [2.45, 2.75) is 37.4 Å². The lowest BCUT2D eigenvalue weighted by Gasteiger charge is -2.43. The zero-order valence-electron chi connectivity index (χ0n) is 11.2. The van der Waals surface area contributed by atoms with Gasteiger partial charge in [0.2, 0.25) is 0 Å². The summed E-state index contributed by atoms with van der Waals surface area (Å²) in [4.78, 5) is 2.62. The second kappa shape index (κ2) is 6.17. The molecule has 2 aliphatic rings. The molecule has 0 aromatic heterocycles. The second-order valence-corrected chi connectivity index (χ2v) is 7.42. The highest BCUT2D eigenvalue weighted by atomic mass is 79.9. The summed E-state index contributed by atoms with van der Waals surface area (Å²) in [6, 6.07) is 6.67. The first-order chi connectivity index (χ1) is 9.28. The molecule has 0 N–H and O–H groups in total. The van der Waals surface area contributed by atoms with E-state index in [1.165, 1.54) is 60.9 Å². The Hall–Kier alpha value is -0.0200. The summed E-state index contributed by atoms with van der Waals surface area (Å²) < 4.78 is 1.19. The molecule has 1 saturated carbocycles. The molecule has 1 nitrogen and oxygen atoms in total. The smallest absolute Gasteiger partial charge is 0.0418 e. The van der Waals surface area contributed by atoms with Crippen LogP contribution in [0.1, 0.15) is 37.7 Å². The number of piperidine rings is 1. The van der Waals surface area contributed by atoms with Crippen molar-refractivity contribution >= 4 is 37.5 Å². The topological polar surface area (TPSA) is 3.24 Å². The molecule has 2 atom stereocenters. The summed E-state index contributed by atoms with van der Waals surface area (Å²) in [6.45, 7) is 2.50. The molecule has 0 amide bonds. The maximum atomic E-state index is 3.63. The fourth-order valence-electron chi connectivity index (χ4n) is 3.76. The molecule has 1 saturated heterocycles. The molecule has 1 aromatic carbocycles. The zero-order valence-corrected chi connectivity index (χ0v) is 14.4. The van der Waals surface area contributed by atoms with Gasteiger partial charge in [0, 0.05) is 28.6 Å². The van der Waals surface area contributed by atoms with Gasteiger partial charge in [-0.05, 0) is 42.4 Å². The lowest BCUT2D eigenvalue weighted by molar-refractivity contribution is 0.202. The van der Waals surface area contributed by atoms with E-state index in [1.807, 2.05) is 0 Å². The van der Waals surface area contributed by atoms with Gasteiger partial charge in [0.25, 0.3) is 0 Å². The number of anilines is 1. The van der Waals surface area contributed by atoms with E-state index < -0.39 is 0 Å². The Bertz CT molecular complexity index is 446. The van der Waals surface area contributed by atoms with Gasteiger partial charge in [0.1, 0.15) is 0 Å². The molecule has 19 heavy (non-hydrogen) atoms. The van der Waals surface area contributed by atoms with Gasteiger partial charge < -0.3 is 4.90 Å². The normalized spacial score (nSPS) is 27.2. The number of fused-ring (bicyclic) bond motifs is 1. The van der Waals surface area contributed by atoms with Gasteiger partial charge in [-0.25, -0.2) is 0 Å². The molecule has 1 aliphatic carbocycles. The first-order valence-corrected chi connectivity index (χ1v) is 9.28. The van der Waals surface area contributed by atoms with Crippen LogP contribution in [0.3, 0.4) is 0 Å². The third kappa shape index (κ3) is 3.02. The fraction of sp³-hybridized carbons (Fsp3) is 0.625. The van der Waals surface area contributed by atoms with Crippen LogP contribution < -0.4 is 4.90 Å². The van der Waals surface area contributed by atoms with E-state index in [2.05, 4.69) is 55.0 Å². The second-order valence-electron chi connectivity index (χ2n) is 5.95. The van der Waals surface area contributed by atoms with Crippen LogP contribution in [-0.4, -0.2) is 13.1 Å². The molecule has 1 aliphatic heterocycles. The summed E-state index contributed by atoms with van der Waals surface area (Å²) in [5.41, 5.74) is 2.84. The van der Waals surface area contributed by atoms with Crippen molar-refractivity contribution < 1.29 is 0 Å². The summed E-state index contributed by atoms with van der Waals surface area (Å²) in [7, 11) is 0. The van der Waals surface area contributed by atoms with E-state index in [4.69, 9.17) is 0 Å². The molecule has 0 spiro atoms. The third-order valence-corrected chi connectivity index (χ3v) is 5.92. The first kappa shape index (κ1) is 13.9. The highest BCUT2D eigenvalue weighted by molar-refractivity contribution is 9.10. The quantitative estimate of drug-likeness (QED) is 0.618. The molecule has 1 aromatic rings. The lowest BCUT2D eigenvalue weighted by Crippen LogP contribution is -2.42. The Kier molecular flexibility index (Phi) is 4.53. The molecular weight excluding hydrogens is 366 g/mol. The van der Waals surface area contributed by atoms with Gasteiger partial charge in [-0.2, -0.15) is 0 Å². The molecule has 1 heterocycles. The van der Waals surface area contributed by atoms with E-state index in [1.54, 1.807) is 0 Å². The van der Waals surface area contributed by atoms with E-state index in [0.29, 0.717) is 0 Å². The third-order valence-electron chi connectivity index (χ3n) is 4.82. The zero-order chi connectivity index (χ0) is 13.2. The summed E-state index contributed by atoms with van der Waals surface area (Å²) in [5, 5.41) is 0.945. The van der Waals surface area contributed by atoms with Crippen LogP contribution in [-0.2, 0) is 5.33 Å². The van der Waals surface area contributed by atoms with Crippen molar-refractivity contribution in [3.05, 3.63) is 28.2 Å². The van der Waals surface area contributed by atoms with Crippen molar-refractivity contribution in [2.75, 3.05) is 18.0 Å². The van der Waals surface area contributed by atoms with Crippen LogP contribution in [0.15, 0.2) is 22.7 Å². The Morgan fingerprint density at radius 3 is 2.68 bits per heavy atom. The number of hydrogen-bond donors (Lipinski definition) is 0. The maximum Gasteiger partial charge on any atom is 0.0418 e. The molecule has 2 fully saturated rings. The minimum atomic E-state index is 0.935. The maximum absolute atomic E-state index is 3.63. The van der Waals surface area contributed by atoms with Crippen molar-refractivity contribution in [2.24, 2.45) is 11.8 Å². The van der Waals surface area contributed by atoms with Crippen molar-refractivity contribution in [3.8, 4) is 0 Å².